The fourth-order valence-corrected chi connectivity index (χ4v) is 2.27. The number of halogens is 3. The molecule has 0 radical (unpaired) electrons. The summed E-state index contributed by atoms with van der Waals surface area (Å²) in [5, 5.41) is 0.337. The number of rotatable bonds is 3. The van der Waals surface area contributed by atoms with Crippen LogP contribution in [0.2, 0.25) is 5.02 Å². The van der Waals surface area contributed by atoms with E-state index in [0.29, 0.717) is 17.0 Å². The van der Waals surface area contributed by atoms with E-state index in [1.165, 1.54) is 24.3 Å². The lowest BCUT2D eigenvalue weighted by Crippen LogP contribution is -2.14. The number of nitrogens with two attached hydrogens (primary N) is 1. The van der Waals surface area contributed by atoms with Crippen LogP contribution in [0.1, 0.15) is 22.7 Å². The minimum absolute atomic E-state index is 0.310. The first-order valence-electron chi connectivity index (χ1n) is 5.92. The van der Waals surface area contributed by atoms with Crippen LogP contribution in [0.5, 0.6) is 0 Å². The Morgan fingerprint density at radius 3 is 2.47 bits per heavy atom. The Balaban J connectivity index is 2.22. The second-order valence-corrected chi connectivity index (χ2v) is 5.02. The van der Waals surface area contributed by atoms with E-state index in [-0.39, 0.29) is 17.7 Å². The molecule has 0 heterocycles. The normalized spacial score (nSPS) is 12.5. The zero-order valence-corrected chi connectivity index (χ0v) is 11.2. The van der Waals surface area contributed by atoms with Crippen molar-refractivity contribution in [1.82, 2.24) is 0 Å². The molecule has 1 nitrogen and oxygen atoms in total. The summed E-state index contributed by atoms with van der Waals surface area (Å²) in [5.74, 6) is -0.695. The van der Waals surface area contributed by atoms with Crippen molar-refractivity contribution in [1.29, 1.82) is 0 Å². The third-order valence-corrected chi connectivity index (χ3v) is 3.30. The van der Waals surface area contributed by atoms with Crippen LogP contribution in [-0.4, -0.2) is 0 Å². The van der Waals surface area contributed by atoms with Crippen LogP contribution in [0.3, 0.4) is 0 Å². The van der Waals surface area contributed by atoms with E-state index in [1.807, 2.05) is 13.0 Å². The van der Waals surface area contributed by atoms with Gasteiger partial charge in [0.25, 0.3) is 0 Å². The Bertz CT molecular complexity index is 578. The molecule has 2 aromatic carbocycles. The lowest BCUT2D eigenvalue weighted by molar-refractivity contribution is 0.616. The summed E-state index contributed by atoms with van der Waals surface area (Å²) in [5.41, 5.74) is 8.32. The predicted octanol–water partition coefficient (Wildman–Crippen LogP) is 4.17. The van der Waals surface area contributed by atoms with Crippen molar-refractivity contribution in [2.75, 3.05) is 0 Å². The molecule has 0 saturated heterocycles. The maximum atomic E-state index is 13.3. The van der Waals surface area contributed by atoms with E-state index in [4.69, 9.17) is 17.3 Å². The Hall–Kier alpha value is -1.45. The van der Waals surface area contributed by atoms with Gasteiger partial charge in [-0.25, -0.2) is 8.78 Å². The Kier molecular flexibility index (Phi) is 4.17. The van der Waals surface area contributed by atoms with Gasteiger partial charge in [-0.1, -0.05) is 23.7 Å². The number of aryl methyl sites for hydroxylation is 1. The van der Waals surface area contributed by atoms with Gasteiger partial charge in [-0.3, -0.25) is 0 Å². The quantitative estimate of drug-likeness (QED) is 0.898. The molecule has 2 N–H and O–H groups in total. The average molecular weight is 282 g/mol. The van der Waals surface area contributed by atoms with Crippen LogP contribution in [-0.2, 0) is 6.42 Å². The van der Waals surface area contributed by atoms with Gasteiger partial charge in [-0.15, -0.1) is 0 Å². The van der Waals surface area contributed by atoms with Gasteiger partial charge in [-0.05, 0) is 54.3 Å². The van der Waals surface area contributed by atoms with Crippen LogP contribution in [0, 0.1) is 18.6 Å². The number of benzene rings is 2. The SMILES string of the molecule is Cc1cc(F)cc(C(N)Cc2ccc(F)cc2Cl)c1. The van der Waals surface area contributed by atoms with Crippen LogP contribution in [0.25, 0.3) is 0 Å². The molecule has 0 aliphatic carbocycles. The first-order valence-corrected chi connectivity index (χ1v) is 6.30. The number of hydrogen-bond donors (Lipinski definition) is 1. The standard InChI is InChI=1S/C15H14ClF2N/c1-9-4-11(6-13(18)5-9)15(19)7-10-2-3-12(17)8-14(10)16/h2-6,8,15H,7,19H2,1H3. The van der Waals surface area contributed by atoms with E-state index < -0.39 is 0 Å². The molecule has 0 bridgehead atoms. The van der Waals surface area contributed by atoms with E-state index in [0.717, 1.165) is 11.1 Å². The van der Waals surface area contributed by atoms with E-state index in [9.17, 15) is 8.78 Å². The van der Waals surface area contributed by atoms with Crippen LogP contribution < -0.4 is 5.73 Å². The fraction of sp³-hybridized carbons (Fsp3) is 0.200. The van der Waals surface area contributed by atoms with E-state index in [1.54, 1.807) is 6.07 Å². The molecule has 0 amide bonds. The first kappa shape index (κ1) is 14.0. The third-order valence-electron chi connectivity index (χ3n) is 2.95. The van der Waals surface area contributed by atoms with Gasteiger partial charge in [0.15, 0.2) is 0 Å². The minimum atomic E-state index is -0.385. The Labute approximate surface area is 116 Å². The minimum Gasteiger partial charge on any atom is -0.324 e. The molecule has 0 aliphatic rings. The smallest absolute Gasteiger partial charge is 0.124 e. The largest absolute Gasteiger partial charge is 0.324 e. The van der Waals surface area contributed by atoms with Crippen molar-refractivity contribution < 1.29 is 8.78 Å². The summed E-state index contributed by atoms with van der Waals surface area (Å²) in [6.07, 6.45) is 0.433. The summed E-state index contributed by atoms with van der Waals surface area (Å²) >= 11 is 5.95. The van der Waals surface area contributed by atoms with Gasteiger partial charge in [-0.2, -0.15) is 0 Å². The Morgan fingerprint density at radius 2 is 1.84 bits per heavy atom. The van der Waals surface area contributed by atoms with Crippen molar-refractivity contribution in [3.63, 3.8) is 0 Å². The highest BCUT2D eigenvalue weighted by Gasteiger charge is 2.11. The molecule has 0 aromatic heterocycles. The number of hydrogen-bond acceptors (Lipinski definition) is 1. The van der Waals surface area contributed by atoms with Gasteiger partial charge in [0.2, 0.25) is 0 Å². The highest BCUT2D eigenvalue weighted by atomic mass is 35.5. The maximum Gasteiger partial charge on any atom is 0.124 e. The van der Waals surface area contributed by atoms with E-state index >= 15 is 0 Å². The van der Waals surface area contributed by atoms with Crippen molar-refractivity contribution in [3.8, 4) is 0 Å². The van der Waals surface area contributed by atoms with Gasteiger partial charge in [0.05, 0.1) is 0 Å². The second kappa shape index (κ2) is 5.68. The molecular weight excluding hydrogens is 268 g/mol. The van der Waals surface area contributed by atoms with E-state index in [2.05, 4.69) is 0 Å². The molecule has 100 valence electrons. The summed E-state index contributed by atoms with van der Waals surface area (Å²) in [7, 11) is 0. The summed E-state index contributed by atoms with van der Waals surface area (Å²) in [6.45, 7) is 1.81. The molecule has 2 rings (SSSR count). The molecular formula is C15H14ClF2N. The van der Waals surface area contributed by atoms with Gasteiger partial charge >= 0.3 is 0 Å². The highest BCUT2D eigenvalue weighted by Crippen LogP contribution is 2.24. The molecule has 1 atom stereocenters. The summed E-state index contributed by atoms with van der Waals surface area (Å²) < 4.78 is 26.3. The van der Waals surface area contributed by atoms with Crippen molar-refractivity contribution in [2.45, 2.75) is 19.4 Å². The van der Waals surface area contributed by atoms with Crippen LogP contribution in [0.4, 0.5) is 8.78 Å². The molecule has 1 unspecified atom stereocenters. The highest BCUT2D eigenvalue weighted by molar-refractivity contribution is 6.31. The molecule has 0 fully saturated rings. The summed E-state index contributed by atoms with van der Waals surface area (Å²) in [4.78, 5) is 0. The zero-order chi connectivity index (χ0) is 14.0. The van der Waals surface area contributed by atoms with Crippen molar-refractivity contribution >= 4 is 11.6 Å². The van der Waals surface area contributed by atoms with Crippen molar-refractivity contribution in [2.24, 2.45) is 5.73 Å². The average Bonchev–Trinajstić information content (AvgIpc) is 2.31. The third kappa shape index (κ3) is 3.52. The lowest BCUT2D eigenvalue weighted by atomic mass is 9.98. The molecule has 0 saturated carbocycles. The van der Waals surface area contributed by atoms with Gasteiger partial charge in [0, 0.05) is 11.1 Å². The molecule has 4 heteroatoms. The maximum absolute atomic E-state index is 13.3. The van der Waals surface area contributed by atoms with Crippen molar-refractivity contribution in [3.05, 3.63) is 69.7 Å². The van der Waals surface area contributed by atoms with Gasteiger partial charge < -0.3 is 5.73 Å². The topological polar surface area (TPSA) is 26.0 Å². The monoisotopic (exact) mass is 281 g/mol. The second-order valence-electron chi connectivity index (χ2n) is 4.61. The predicted molar refractivity (Wildman–Crippen MR) is 73.2 cm³/mol. The first-order chi connectivity index (χ1) is 8.95. The summed E-state index contributed by atoms with van der Waals surface area (Å²) in [6, 6.07) is 8.51. The molecule has 2 aromatic rings. The fourth-order valence-electron chi connectivity index (χ4n) is 2.02. The molecule has 0 aliphatic heterocycles. The molecule has 0 spiro atoms. The molecule has 19 heavy (non-hydrogen) atoms. The lowest BCUT2D eigenvalue weighted by Gasteiger charge is -2.14. The van der Waals surface area contributed by atoms with Gasteiger partial charge in [0.1, 0.15) is 11.6 Å². The van der Waals surface area contributed by atoms with Crippen LogP contribution in [0.15, 0.2) is 36.4 Å². The zero-order valence-electron chi connectivity index (χ0n) is 10.5. The Morgan fingerprint density at radius 1 is 1.11 bits per heavy atom. The van der Waals surface area contributed by atoms with Crippen LogP contribution >= 0.6 is 11.6 Å².